The standard InChI is InChI=1S/C16H17FN2O/c1-19(11-15(18)20)16(12-5-3-2-4-6-12)13-7-9-14(17)10-8-13/h2-10,16H,11H2,1H3,(H2,18,20). The van der Waals surface area contributed by atoms with Gasteiger partial charge < -0.3 is 5.73 Å². The maximum atomic E-state index is 13.1. The summed E-state index contributed by atoms with van der Waals surface area (Å²) in [5, 5.41) is 0. The summed E-state index contributed by atoms with van der Waals surface area (Å²) in [6.07, 6.45) is 0. The number of halogens is 1. The third-order valence-electron chi connectivity index (χ3n) is 3.15. The minimum absolute atomic E-state index is 0.135. The van der Waals surface area contributed by atoms with Crippen LogP contribution in [0.2, 0.25) is 0 Å². The van der Waals surface area contributed by atoms with Gasteiger partial charge in [-0.25, -0.2) is 4.39 Å². The number of likely N-dealkylation sites (N-methyl/N-ethyl adjacent to an activating group) is 1. The highest BCUT2D eigenvalue weighted by Crippen LogP contribution is 2.27. The third kappa shape index (κ3) is 3.42. The predicted octanol–water partition coefficient (Wildman–Crippen LogP) is 2.33. The Morgan fingerprint density at radius 2 is 1.65 bits per heavy atom. The topological polar surface area (TPSA) is 46.3 Å². The van der Waals surface area contributed by atoms with Crippen molar-refractivity contribution >= 4 is 5.91 Å². The van der Waals surface area contributed by atoms with Crippen LogP contribution in [-0.4, -0.2) is 24.4 Å². The molecule has 0 aliphatic rings. The van der Waals surface area contributed by atoms with Crippen molar-refractivity contribution in [1.82, 2.24) is 4.90 Å². The molecule has 2 rings (SSSR count). The first-order valence-electron chi connectivity index (χ1n) is 6.37. The molecule has 0 spiro atoms. The van der Waals surface area contributed by atoms with Gasteiger partial charge in [-0.2, -0.15) is 0 Å². The average molecular weight is 272 g/mol. The van der Waals surface area contributed by atoms with Crippen LogP contribution in [0, 0.1) is 5.82 Å². The van der Waals surface area contributed by atoms with E-state index >= 15 is 0 Å². The predicted molar refractivity (Wildman–Crippen MR) is 76.5 cm³/mol. The highest BCUT2D eigenvalue weighted by atomic mass is 19.1. The Labute approximate surface area is 117 Å². The number of benzene rings is 2. The van der Waals surface area contributed by atoms with E-state index in [0.29, 0.717) is 0 Å². The molecule has 0 aliphatic heterocycles. The lowest BCUT2D eigenvalue weighted by molar-refractivity contribution is -0.119. The summed E-state index contributed by atoms with van der Waals surface area (Å²) in [5.41, 5.74) is 7.22. The molecule has 2 aromatic rings. The largest absolute Gasteiger partial charge is 0.369 e. The van der Waals surface area contributed by atoms with Gasteiger partial charge in [-0.3, -0.25) is 9.69 Å². The van der Waals surface area contributed by atoms with Crippen molar-refractivity contribution < 1.29 is 9.18 Å². The van der Waals surface area contributed by atoms with Crippen molar-refractivity contribution in [2.45, 2.75) is 6.04 Å². The summed E-state index contributed by atoms with van der Waals surface area (Å²) in [4.78, 5) is 13.0. The lowest BCUT2D eigenvalue weighted by Gasteiger charge is -2.28. The van der Waals surface area contributed by atoms with Crippen LogP contribution in [0.25, 0.3) is 0 Å². The third-order valence-corrected chi connectivity index (χ3v) is 3.15. The van der Waals surface area contributed by atoms with Crippen molar-refractivity contribution in [3.05, 3.63) is 71.5 Å². The summed E-state index contributed by atoms with van der Waals surface area (Å²) in [5.74, 6) is -0.673. The molecule has 0 bridgehead atoms. The van der Waals surface area contributed by atoms with Crippen molar-refractivity contribution in [2.75, 3.05) is 13.6 Å². The van der Waals surface area contributed by atoms with Gasteiger partial charge in [0.15, 0.2) is 0 Å². The monoisotopic (exact) mass is 272 g/mol. The Kier molecular flexibility index (Phi) is 4.48. The van der Waals surface area contributed by atoms with Gasteiger partial charge in [0.1, 0.15) is 5.82 Å². The number of nitrogens with zero attached hydrogens (tertiary/aromatic N) is 1. The van der Waals surface area contributed by atoms with Crippen LogP contribution in [0.1, 0.15) is 17.2 Å². The van der Waals surface area contributed by atoms with Crippen LogP contribution in [0.5, 0.6) is 0 Å². The molecule has 0 heterocycles. The van der Waals surface area contributed by atoms with Gasteiger partial charge >= 0.3 is 0 Å². The van der Waals surface area contributed by atoms with E-state index in [1.54, 1.807) is 12.1 Å². The molecule has 104 valence electrons. The van der Waals surface area contributed by atoms with E-state index in [1.165, 1.54) is 12.1 Å². The number of carbonyl (C=O) groups excluding carboxylic acids is 1. The van der Waals surface area contributed by atoms with Gasteiger partial charge in [0, 0.05) is 0 Å². The first-order valence-corrected chi connectivity index (χ1v) is 6.37. The van der Waals surface area contributed by atoms with Crippen LogP contribution in [0.4, 0.5) is 4.39 Å². The lowest BCUT2D eigenvalue weighted by atomic mass is 9.97. The van der Waals surface area contributed by atoms with Crippen LogP contribution in [0.15, 0.2) is 54.6 Å². The minimum atomic E-state index is -0.393. The van der Waals surface area contributed by atoms with Gasteiger partial charge in [-0.1, -0.05) is 42.5 Å². The second-order valence-electron chi connectivity index (χ2n) is 4.75. The normalized spacial score (nSPS) is 12.3. The van der Waals surface area contributed by atoms with E-state index in [0.717, 1.165) is 11.1 Å². The fourth-order valence-electron chi connectivity index (χ4n) is 2.32. The number of carbonyl (C=O) groups is 1. The molecular weight excluding hydrogens is 255 g/mol. The first kappa shape index (κ1) is 14.2. The van der Waals surface area contributed by atoms with Crippen molar-refractivity contribution in [2.24, 2.45) is 5.73 Å². The Balaban J connectivity index is 2.38. The molecule has 0 aliphatic carbocycles. The number of hydrogen-bond donors (Lipinski definition) is 1. The summed E-state index contributed by atoms with van der Waals surface area (Å²) in [6.45, 7) is 0.136. The number of nitrogens with two attached hydrogens (primary N) is 1. The number of rotatable bonds is 5. The molecular formula is C16H17FN2O. The van der Waals surface area contributed by atoms with Crippen LogP contribution < -0.4 is 5.73 Å². The Bertz CT molecular complexity index is 569. The summed E-state index contributed by atoms with van der Waals surface area (Å²) in [7, 11) is 1.83. The highest BCUT2D eigenvalue weighted by Gasteiger charge is 2.20. The van der Waals surface area contributed by atoms with E-state index in [2.05, 4.69) is 0 Å². The summed E-state index contributed by atoms with van der Waals surface area (Å²) in [6, 6.07) is 15.9. The Hall–Kier alpha value is -2.20. The highest BCUT2D eigenvalue weighted by molar-refractivity contribution is 5.76. The summed E-state index contributed by atoms with van der Waals surface area (Å²) < 4.78 is 13.1. The molecule has 0 saturated carbocycles. The molecule has 0 saturated heterocycles. The van der Waals surface area contributed by atoms with Gasteiger partial charge in [0.25, 0.3) is 0 Å². The van der Waals surface area contributed by atoms with Crippen molar-refractivity contribution in [3.8, 4) is 0 Å². The zero-order chi connectivity index (χ0) is 14.5. The van der Waals surface area contributed by atoms with Gasteiger partial charge in [-0.05, 0) is 30.3 Å². The molecule has 20 heavy (non-hydrogen) atoms. The summed E-state index contributed by atoms with van der Waals surface area (Å²) >= 11 is 0. The van der Waals surface area contributed by atoms with Crippen LogP contribution in [0.3, 0.4) is 0 Å². The Morgan fingerprint density at radius 1 is 1.10 bits per heavy atom. The SMILES string of the molecule is CN(CC(N)=O)C(c1ccccc1)c1ccc(F)cc1. The molecule has 2 aromatic carbocycles. The number of hydrogen-bond acceptors (Lipinski definition) is 2. The van der Waals surface area contributed by atoms with Crippen molar-refractivity contribution in [1.29, 1.82) is 0 Å². The quantitative estimate of drug-likeness (QED) is 0.908. The molecule has 0 fully saturated rings. The fourth-order valence-corrected chi connectivity index (χ4v) is 2.32. The van der Waals surface area contributed by atoms with Gasteiger partial charge in [-0.15, -0.1) is 0 Å². The minimum Gasteiger partial charge on any atom is -0.369 e. The zero-order valence-corrected chi connectivity index (χ0v) is 11.3. The fraction of sp³-hybridized carbons (Fsp3) is 0.188. The maximum Gasteiger partial charge on any atom is 0.231 e. The number of primary amides is 1. The van der Waals surface area contributed by atoms with Crippen molar-refractivity contribution in [3.63, 3.8) is 0 Å². The average Bonchev–Trinajstić information content (AvgIpc) is 2.42. The molecule has 0 aromatic heterocycles. The molecule has 2 N–H and O–H groups in total. The maximum absolute atomic E-state index is 13.1. The van der Waals surface area contributed by atoms with Gasteiger partial charge in [0.2, 0.25) is 5.91 Å². The molecule has 4 heteroatoms. The van der Waals surface area contributed by atoms with E-state index in [-0.39, 0.29) is 18.4 Å². The smallest absolute Gasteiger partial charge is 0.231 e. The first-order chi connectivity index (χ1) is 9.58. The van der Waals surface area contributed by atoms with Crippen LogP contribution >= 0.6 is 0 Å². The van der Waals surface area contributed by atoms with E-state index in [1.807, 2.05) is 42.3 Å². The van der Waals surface area contributed by atoms with E-state index < -0.39 is 5.91 Å². The Morgan fingerprint density at radius 3 is 2.20 bits per heavy atom. The lowest BCUT2D eigenvalue weighted by Crippen LogP contribution is -2.34. The molecule has 3 nitrogen and oxygen atoms in total. The van der Waals surface area contributed by atoms with Crippen LogP contribution in [-0.2, 0) is 4.79 Å². The molecule has 0 radical (unpaired) electrons. The molecule has 1 unspecified atom stereocenters. The molecule has 1 atom stereocenters. The van der Waals surface area contributed by atoms with E-state index in [9.17, 15) is 9.18 Å². The zero-order valence-electron chi connectivity index (χ0n) is 11.3. The second-order valence-corrected chi connectivity index (χ2v) is 4.75. The second kappa shape index (κ2) is 6.30. The van der Waals surface area contributed by atoms with E-state index in [4.69, 9.17) is 5.73 Å². The molecule has 1 amide bonds. The van der Waals surface area contributed by atoms with Gasteiger partial charge in [0.05, 0.1) is 12.6 Å². The number of amides is 1.